The number of likely N-dealkylation sites (tertiary alicyclic amines) is 1. The minimum absolute atomic E-state index is 0.00217. The maximum absolute atomic E-state index is 13.1. The third-order valence-corrected chi connectivity index (χ3v) is 7.26. The van der Waals surface area contributed by atoms with Crippen molar-refractivity contribution in [2.45, 2.75) is 12.8 Å². The largest absolute Gasteiger partial charge is 0.494 e. The number of halogens is 2. The molecular weight excluding hydrogens is 469 g/mol. The molecular formula is C23H25ClFN3O4S. The van der Waals surface area contributed by atoms with Gasteiger partial charge in [0.15, 0.2) is 5.78 Å². The summed E-state index contributed by atoms with van der Waals surface area (Å²) in [4.78, 5) is 14.8. The average molecular weight is 494 g/mol. The molecule has 1 fully saturated rings. The predicted octanol–water partition coefficient (Wildman–Crippen LogP) is 3.72. The zero-order chi connectivity index (χ0) is 24.2. The van der Waals surface area contributed by atoms with Gasteiger partial charge < -0.3 is 9.64 Å². The lowest BCUT2D eigenvalue weighted by Gasteiger charge is -2.33. The molecule has 0 radical (unpaired) electrons. The Morgan fingerprint density at radius 3 is 2.45 bits per heavy atom. The van der Waals surface area contributed by atoms with Crippen LogP contribution in [-0.2, 0) is 10.0 Å². The van der Waals surface area contributed by atoms with Gasteiger partial charge in [-0.15, -0.1) is 0 Å². The molecule has 0 bridgehead atoms. The molecule has 0 saturated carbocycles. The Kier molecular flexibility index (Phi) is 7.95. The Labute approximate surface area is 198 Å². The van der Waals surface area contributed by atoms with E-state index in [4.69, 9.17) is 16.3 Å². The van der Waals surface area contributed by atoms with Gasteiger partial charge in [0.2, 0.25) is 10.0 Å². The second-order valence-electron chi connectivity index (χ2n) is 7.94. The molecule has 33 heavy (non-hydrogen) atoms. The van der Waals surface area contributed by atoms with Crippen molar-refractivity contribution in [2.24, 2.45) is 5.92 Å². The number of nitrogens with zero attached hydrogens (tertiary/aromatic N) is 3. The van der Waals surface area contributed by atoms with E-state index in [1.807, 2.05) is 6.07 Å². The average Bonchev–Trinajstić information content (AvgIpc) is 2.79. The summed E-state index contributed by atoms with van der Waals surface area (Å²) in [7, 11) is -2.26. The van der Waals surface area contributed by atoms with Gasteiger partial charge in [-0.25, -0.2) is 12.8 Å². The SMILES string of the molecule is COc1cc(Cl)c(C#N)cc1N(CCN1CCC(C(=O)c2ccc(F)cc2)CC1)S(C)(=O)=O. The highest BCUT2D eigenvalue weighted by molar-refractivity contribution is 7.92. The zero-order valence-electron chi connectivity index (χ0n) is 18.4. The Morgan fingerprint density at radius 1 is 1.27 bits per heavy atom. The molecule has 1 aliphatic heterocycles. The molecule has 3 rings (SSSR count). The van der Waals surface area contributed by atoms with Crippen LogP contribution in [0.25, 0.3) is 0 Å². The topological polar surface area (TPSA) is 90.7 Å². The Balaban J connectivity index is 1.67. The fraction of sp³-hybridized carbons (Fsp3) is 0.391. The lowest BCUT2D eigenvalue weighted by molar-refractivity contribution is 0.0843. The number of hydrogen-bond acceptors (Lipinski definition) is 6. The van der Waals surface area contributed by atoms with Crippen LogP contribution in [0.1, 0.15) is 28.8 Å². The number of methoxy groups -OCH3 is 1. The summed E-state index contributed by atoms with van der Waals surface area (Å²) in [6.07, 6.45) is 2.37. The highest BCUT2D eigenvalue weighted by Gasteiger charge is 2.28. The second-order valence-corrected chi connectivity index (χ2v) is 10.3. The summed E-state index contributed by atoms with van der Waals surface area (Å²) < 4.78 is 44.7. The molecule has 0 amide bonds. The van der Waals surface area contributed by atoms with Crippen LogP contribution < -0.4 is 9.04 Å². The van der Waals surface area contributed by atoms with Gasteiger partial charge in [-0.3, -0.25) is 9.10 Å². The first-order valence-corrected chi connectivity index (χ1v) is 12.6. The van der Waals surface area contributed by atoms with Gasteiger partial charge in [-0.05, 0) is 56.3 Å². The Hall–Kier alpha value is -2.67. The number of anilines is 1. The zero-order valence-corrected chi connectivity index (χ0v) is 20.0. The van der Waals surface area contributed by atoms with E-state index in [0.29, 0.717) is 38.0 Å². The molecule has 176 valence electrons. The molecule has 7 nitrogen and oxygen atoms in total. The van der Waals surface area contributed by atoms with Gasteiger partial charge in [0, 0.05) is 30.6 Å². The molecule has 2 aromatic carbocycles. The fourth-order valence-electron chi connectivity index (χ4n) is 3.95. The number of ketones is 1. The van der Waals surface area contributed by atoms with Crippen molar-refractivity contribution in [3.05, 3.63) is 58.4 Å². The van der Waals surface area contributed by atoms with Crippen LogP contribution in [0, 0.1) is 23.1 Å². The van der Waals surface area contributed by atoms with Crippen LogP contribution in [0.15, 0.2) is 36.4 Å². The molecule has 0 unspecified atom stereocenters. The number of benzene rings is 2. The molecule has 1 heterocycles. The van der Waals surface area contributed by atoms with Gasteiger partial charge in [0.1, 0.15) is 17.6 Å². The highest BCUT2D eigenvalue weighted by atomic mass is 35.5. The minimum atomic E-state index is -3.66. The number of nitriles is 1. The fourth-order valence-corrected chi connectivity index (χ4v) is 5.06. The summed E-state index contributed by atoms with van der Waals surface area (Å²) in [6.45, 7) is 1.86. The van der Waals surface area contributed by atoms with Crippen LogP contribution in [0.4, 0.5) is 10.1 Å². The van der Waals surface area contributed by atoms with Crippen molar-refractivity contribution in [3.63, 3.8) is 0 Å². The van der Waals surface area contributed by atoms with E-state index in [9.17, 15) is 22.9 Å². The van der Waals surface area contributed by atoms with E-state index in [2.05, 4.69) is 4.90 Å². The maximum atomic E-state index is 13.1. The summed E-state index contributed by atoms with van der Waals surface area (Å²) in [5.74, 6) is -0.265. The Morgan fingerprint density at radius 2 is 1.91 bits per heavy atom. The number of Topliss-reactive ketones (excluding diaryl/α,β-unsaturated/α-hetero) is 1. The van der Waals surface area contributed by atoms with Gasteiger partial charge >= 0.3 is 0 Å². The van der Waals surface area contributed by atoms with E-state index in [1.165, 1.54) is 47.8 Å². The van der Waals surface area contributed by atoms with Crippen molar-refractivity contribution in [1.29, 1.82) is 5.26 Å². The van der Waals surface area contributed by atoms with Crippen molar-refractivity contribution < 1.29 is 22.3 Å². The van der Waals surface area contributed by atoms with Gasteiger partial charge in [0.05, 0.1) is 29.6 Å². The lowest BCUT2D eigenvalue weighted by Crippen LogP contribution is -2.42. The van der Waals surface area contributed by atoms with Crippen molar-refractivity contribution in [2.75, 3.05) is 43.8 Å². The van der Waals surface area contributed by atoms with Crippen LogP contribution >= 0.6 is 11.6 Å². The number of carbonyl (C=O) groups excluding carboxylic acids is 1. The van der Waals surface area contributed by atoms with Crippen LogP contribution in [0.3, 0.4) is 0 Å². The number of piperidine rings is 1. The van der Waals surface area contributed by atoms with E-state index >= 15 is 0 Å². The number of rotatable bonds is 8. The minimum Gasteiger partial charge on any atom is -0.494 e. The quantitative estimate of drug-likeness (QED) is 0.520. The molecule has 0 spiro atoms. The first kappa shape index (κ1) is 25.0. The van der Waals surface area contributed by atoms with Crippen molar-refractivity contribution >= 4 is 33.1 Å². The predicted molar refractivity (Wildman–Crippen MR) is 125 cm³/mol. The number of hydrogen-bond donors (Lipinski definition) is 0. The molecule has 2 aromatic rings. The monoisotopic (exact) mass is 493 g/mol. The first-order chi connectivity index (χ1) is 15.6. The molecule has 0 aliphatic carbocycles. The summed E-state index contributed by atoms with van der Waals surface area (Å²) >= 11 is 6.06. The van der Waals surface area contributed by atoms with E-state index in [-0.39, 0.29) is 46.1 Å². The van der Waals surface area contributed by atoms with E-state index in [0.717, 1.165) is 6.26 Å². The standard InChI is InChI=1S/C23H25ClFN3O4S/c1-32-22-14-20(24)18(15-26)13-21(22)28(33(2,30)31)12-11-27-9-7-17(8-10-27)23(29)16-3-5-19(25)6-4-16/h3-6,13-14,17H,7-12H2,1-2H3. The highest BCUT2D eigenvalue weighted by Crippen LogP contribution is 2.35. The summed E-state index contributed by atoms with van der Waals surface area (Å²) in [6, 6.07) is 10.4. The molecule has 0 N–H and O–H groups in total. The normalized spacial score (nSPS) is 15.1. The van der Waals surface area contributed by atoms with Crippen LogP contribution in [0.5, 0.6) is 5.75 Å². The second kappa shape index (κ2) is 10.5. The Bertz CT molecular complexity index is 1160. The molecule has 0 atom stereocenters. The molecule has 10 heteroatoms. The third-order valence-electron chi connectivity index (χ3n) is 5.76. The van der Waals surface area contributed by atoms with Gasteiger partial charge in [-0.1, -0.05) is 11.6 Å². The lowest BCUT2D eigenvalue weighted by atomic mass is 9.89. The molecule has 1 saturated heterocycles. The molecule has 0 aromatic heterocycles. The van der Waals surface area contributed by atoms with Crippen LogP contribution in [0.2, 0.25) is 5.02 Å². The molecule has 1 aliphatic rings. The number of sulfonamides is 1. The van der Waals surface area contributed by atoms with Crippen LogP contribution in [-0.4, -0.2) is 58.6 Å². The summed E-state index contributed by atoms with van der Waals surface area (Å²) in [5.41, 5.74) is 0.907. The van der Waals surface area contributed by atoms with Gasteiger partial charge in [0.25, 0.3) is 0 Å². The summed E-state index contributed by atoms with van der Waals surface area (Å²) in [5, 5.41) is 9.47. The van der Waals surface area contributed by atoms with Crippen molar-refractivity contribution in [1.82, 2.24) is 4.90 Å². The van der Waals surface area contributed by atoms with Crippen molar-refractivity contribution in [3.8, 4) is 11.8 Å². The number of ether oxygens (including phenoxy) is 1. The number of carbonyl (C=O) groups is 1. The maximum Gasteiger partial charge on any atom is 0.232 e. The van der Waals surface area contributed by atoms with Gasteiger partial charge in [-0.2, -0.15) is 5.26 Å². The first-order valence-electron chi connectivity index (χ1n) is 10.4. The third kappa shape index (κ3) is 6.02. The van der Waals surface area contributed by atoms with E-state index < -0.39 is 10.0 Å². The smallest absolute Gasteiger partial charge is 0.232 e. The van der Waals surface area contributed by atoms with E-state index in [1.54, 1.807) is 0 Å².